The van der Waals surface area contributed by atoms with Crippen molar-refractivity contribution in [3.63, 3.8) is 0 Å². The van der Waals surface area contributed by atoms with Crippen LogP contribution in [-0.4, -0.2) is 37.7 Å². The van der Waals surface area contributed by atoms with E-state index in [4.69, 9.17) is 0 Å². The lowest BCUT2D eigenvalue weighted by molar-refractivity contribution is 0.0950. The molecule has 7 nitrogen and oxygen atoms in total. The molecule has 0 fully saturated rings. The number of fused-ring (bicyclic) bond motifs is 1. The summed E-state index contributed by atoms with van der Waals surface area (Å²) in [6.45, 7) is 1.98. The number of hydrogen-bond acceptors (Lipinski definition) is 4. The highest BCUT2D eigenvalue weighted by Crippen LogP contribution is 2.16. The lowest BCUT2D eigenvalue weighted by Gasteiger charge is -2.11. The summed E-state index contributed by atoms with van der Waals surface area (Å²) in [6.07, 6.45) is 0. The molecule has 0 aliphatic carbocycles. The number of aryl methyl sites for hydroxylation is 1. The summed E-state index contributed by atoms with van der Waals surface area (Å²) in [6, 6.07) is 13.1. The number of aromatic amines is 1. The molecule has 3 rings (SSSR count). The third-order valence-electron chi connectivity index (χ3n) is 4.50. The molecule has 0 saturated carbocycles. The molecule has 0 aliphatic heterocycles. The molecule has 0 spiro atoms. The van der Waals surface area contributed by atoms with Crippen molar-refractivity contribution in [2.75, 3.05) is 14.1 Å². The smallest absolute Gasteiger partial charge is 0.253 e. The van der Waals surface area contributed by atoms with Gasteiger partial charge in [0, 0.05) is 31.8 Å². The zero-order valence-corrected chi connectivity index (χ0v) is 16.6. The lowest BCUT2D eigenvalue weighted by atomic mass is 10.1. The second-order valence-corrected chi connectivity index (χ2v) is 8.81. The molecule has 0 unspecified atom stereocenters. The quantitative estimate of drug-likeness (QED) is 0.686. The second kappa shape index (κ2) is 7.57. The molecule has 0 aliphatic rings. The van der Waals surface area contributed by atoms with Gasteiger partial charge in [-0.25, -0.2) is 12.7 Å². The van der Waals surface area contributed by atoms with Crippen LogP contribution in [0.3, 0.4) is 0 Å². The molecule has 0 atom stereocenters. The number of sulfonamides is 1. The number of benzene rings is 2. The van der Waals surface area contributed by atoms with Gasteiger partial charge in [0.2, 0.25) is 10.0 Å². The first-order valence-corrected chi connectivity index (χ1v) is 10.1. The van der Waals surface area contributed by atoms with E-state index in [1.165, 1.54) is 38.4 Å². The first-order valence-electron chi connectivity index (χ1n) is 8.62. The molecule has 8 heteroatoms. The summed E-state index contributed by atoms with van der Waals surface area (Å²) in [5.74, 6) is -0.391. The highest BCUT2D eigenvalue weighted by atomic mass is 32.2. The summed E-state index contributed by atoms with van der Waals surface area (Å²) in [5.41, 5.74) is 2.25. The summed E-state index contributed by atoms with van der Waals surface area (Å²) in [5, 5.41) is 3.59. The van der Waals surface area contributed by atoms with Crippen LogP contribution in [0, 0.1) is 6.92 Å². The van der Waals surface area contributed by atoms with E-state index in [9.17, 15) is 18.0 Å². The van der Waals surface area contributed by atoms with E-state index in [2.05, 4.69) is 10.3 Å². The van der Waals surface area contributed by atoms with E-state index in [0.29, 0.717) is 11.1 Å². The first kappa shape index (κ1) is 19.8. The Balaban J connectivity index is 1.77. The summed E-state index contributed by atoms with van der Waals surface area (Å²) < 4.78 is 25.3. The molecule has 0 bridgehead atoms. The number of carbonyl (C=O) groups excluding carboxylic acids is 1. The Bertz CT molecular complexity index is 1200. The maximum absolute atomic E-state index is 12.4. The largest absolute Gasteiger partial charge is 0.348 e. The normalized spacial score (nSPS) is 11.7. The molecule has 1 amide bonds. The Morgan fingerprint density at radius 1 is 1.11 bits per heavy atom. The van der Waals surface area contributed by atoms with Crippen molar-refractivity contribution in [3.8, 4) is 0 Å². The molecule has 146 valence electrons. The van der Waals surface area contributed by atoms with Crippen LogP contribution in [0.15, 0.2) is 58.2 Å². The zero-order chi connectivity index (χ0) is 20.5. The van der Waals surface area contributed by atoms with E-state index < -0.39 is 15.9 Å². The fraction of sp³-hybridized carbons (Fsp3) is 0.200. The van der Waals surface area contributed by atoms with Crippen molar-refractivity contribution < 1.29 is 13.2 Å². The summed E-state index contributed by atoms with van der Waals surface area (Å²) in [7, 11) is -0.662. The molecular formula is C20H21N3O4S. The van der Waals surface area contributed by atoms with E-state index in [-0.39, 0.29) is 17.0 Å². The van der Waals surface area contributed by atoms with Gasteiger partial charge in [0.1, 0.15) is 0 Å². The molecule has 2 N–H and O–H groups in total. The molecule has 0 radical (unpaired) electrons. The second-order valence-electron chi connectivity index (χ2n) is 6.66. The van der Waals surface area contributed by atoms with Crippen LogP contribution in [0.2, 0.25) is 0 Å². The average molecular weight is 399 g/mol. The first-order chi connectivity index (χ1) is 13.2. The Morgan fingerprint density at radius 3 is 2.43 bits per heavy atom. The van der Waals surface area contributed by atoms with Crippen molar-refractivity contribution in [1.82, 2.24) is 14.6 Å². The number of nitrogens with zero attached hydrogens (tertiary/aromatic N) is 1. The van der Waals surface area contributed by atoms with E-state index in [1.807, 2.05) is 25.1 Å². The monoisotopic (exact) mass is 399 g/mol. The van der Waals surface area contributed by atoms with Crippen molar-refractivity contribution in [2.45, 2.75) is 18.4 Å². The van der Waals surface area contributed by atoms with Gasteiger partial charge in [0.05, 0.1) is 10.4 Å². The van der Waals surface area contributed by atoms with Crippen LogP contribution in [0.25, 0.3) is 10.9 Å². The molecular weight excluding hydrogens is 378 g/mol. The molecule has 3 aromatic rings. The van der Waals surface area contributed by atoms with Gasteiger partial charge in [-0.3, -0.25) is 9.59 Å². The minimum Gasteiger partial charge on any atom is -0.348 e. The SMILES string of the molecule is Cc1cccc2cc(CNC(=O)c3ccc(S(=O)(=O)N(C)C)cc3)c(=O)[nH]c12. The topological polar surface area (TPSA) is 99.3 Å². The van der Waals surface area contributed by atoms with Gasteiger partial charge >= 0.3 is 0 Å². The predicted molar refractivity (Wildman–Crippen MR) is 108 cm³/mol. The van der Waals surface area contributed by atoms with Gasteiger partial charge in [-0.15, -0.1) is 0 Å². The van der Waals surface area contributed by atoms with Crippen molar-refractivity contribution in [2.24, 2.45) is 0 Å². The van der Waals surface area contributed by atoms with Crippen LogP contribution in [0.1, 0.15) is 21.5 Å². The number of carbonyl (C=O) groups is 1. The highest BCUT2D eigenvalue weighted by Gasteiger charge is 2.17. The lowest BCUT2D eigenvalue weighted by Crippen LogP contribution is -2.27. The Kier molecular flexibility index (Phi) is 5.35. The minimum absolute atomic E-state index is 0.0653. The highest BCUT2D eigenvalue weighted by molar-refractivity contribution is 7.89. The van der Waals surface area contributed by atoms with Crippen LogP contribution < -0.4 is 10.9 Å². The summed E-state index contributed by atoms with van der Waals surface area (Å²) in [4.78, 5) is 27.6. The number of pyridine rings is 1. The Labute approximate surface area is 163 Å². The number of hydrogen-bond donors (Lipinski definition) is 2. The van der Waals surface area contributed by atoms with Gasteiger partial charge in [0.25, 0.3) is 11.5 Å². The fourth-order valence-corrected chi connectivity index (χ4v) is 3.73. The van der Waals surface area contributed by atoms with Gasteiger partial charge in [-0.2, -0.15) is 0 Å². The van der Waals surface area contributed by atoms with Gasteiger partial charge in [0.15, 0.2) is 0 Å². The minimum atomic E-state index is -3.55. The molecule has 0 saturated heterocycles. The van der Waals surface area contributed by atoms with Crippen molar-refractivity contribution in [3.05, 3.63) is 75.6 Å². The fourth-order valence-electron chi connectivity index (χ4n) is 2.83. The van der Waals surface area contributed by atoms with Gasteiger partial charge < -0.3 is 10.3 Å². The standard InChI is InChI=1S/C20H21N3O4S/c1-13-5-4-6-15-11-16(20(25)22-18(13)15)12-21-19(24)14-7-9-17(10-8-14)28(26,27)23(2)3/h4-11H,12H2,1-3H3,(H,21,24)(H,22,25). The van der Waals surface area contributed by atoms with Crippen LogP contribution in [-0.2, 0) is 16.6 Å². The number of amides is 1. The Hall–Kier alpha value is -2.97. The van der Waals surface area contributed by atoms with Crippen LogP contribution in [0.4, 0.5) is 0 Å². The molecule has 1 heterocycles. The Morgan fingerprint density at radius 2 is 1.79 bits per heavy atom. The third-order valence-corrected chi connectivity index (χ3v) is 6.33. The summed E-state index contributed by atoms with van der Waals surface area (Å²) >= 11 is 0. The van der Waals surface area contributed by atoms with Gasteiger partial charge in [-0.05, 0) is 48.2 Å². The molecule has 1 aromatic heterocycles. The van der Waals surface area contributed by atoms with Crippen LogP contribution >= 0.6 is 0 Å². The van der Waals surface area contributed by atoms with Crippen molar-refractivity contribution in [1.29, 1.82) is 0 Å². The van der Waals surface area contributed by atoms with E-state index in [0.717, 1.165) is 20.8 Å². The van der Waals surface area contributed by atoms with Crippen molar-refractivity contribution >= 4 is 26.8 Å². The predicted octanol–water partition coefficient (Wildman–Crippen LogP) is 2.02. The van der Waals surface area contributed by atoms with Gasteiger partial charge in [-0.1, -0.05) is 18.2 Å². The number of H-pyrrole nitrogens is 1. The van der Waals surface area contributed by atoms with E-state index >= 15 is 0 Å². The molecule has 2 aromatic carbocycles. The zero-order valence-electron chi connectivity index (χ0n) is 15.8. The number of nitrogens with one attached hydrogen (secondary N) is 2. The van der Waals surface area contributed by atoms with Crippen LogP contribution in [0.5, 0.6) is 0 Å². The number of aromatic nitrogens is 1. The average Bonchev–Trinajstić information content (AvgIpc) is 2.67. The third kappa shape index (κ3) is 3.83. The van der Waals surface area contributed by atoms with E-state index in [1.54, 1.807) is 6.07 Å². The maximum atomic E-state index is 12.4. The number of rotatable bonds is 5. The number of para-hydroxylation sites is 1. The molecule has 28 heavy (non-hydrogen) atoms. The maximum Gasteiger partial charge on any atom is 0.253 e.